The van der Waals surface area contributed by atoms with Crippen molar-refractivity contribution in [3.8, 4) is 11.3 Å². The Morgan fingerprint density at radius 3 is 2.40 bits per heavy atom. The van der Waals surface area contributed by atoms with Crippen molar-refractivity contribution in [2.75, 3.05) is 5.32 Å². The van der Waals surface area contributed by atoms with Gasteiger partial charge in [-0.3, -0.25) is 14.9 Å². The van der Waals surface area contributed by atoms with Gasteiger partial charge >= 0.3 is 5.97 Å². The Morgan fingerprint density at radius 1 is 1.10 bits per heavy atom. The summed E-state index contributed by atoms with van der Waals surface area (Å²) in [7, 11) is 0. The number of rotatable bonds is 7. The van der Waals surface area contributed by atoms with E-state index in [1.807, 2.05) is 24.3 Å². The smallest absolute Gasteiger partial charge is 0.337 e. The van der Waals surface area contributed by atoms with E-state index >= 15 is 0 Å². The van der Waals surface area contributed by atoms with Gasteiger partial charge in [0.15, 0.2) is 0 Å². The first-order valence-electron chi connectivity index (χ1n) is 9.18. The van der Waals surface area contributed by atoms with Gasteiger partial charge in [0, 0.05) is 17.5 Å². The third kappa shape index (κ3) is 4.85. The van der Waals surface area contributed by atoms with Crippen LogP contribution < -0.4 is 5.32 Å². The predicted octanol–water partition coefficient (Wildman–Crippen LogP) is 4.17. The molecule has 0 spiro atoms. The van der Waals surface area contributed by atoms with E-state index in [1.165, 1.54) is 18.3 Å². The number of carboxylic acids is 1. The second kappa shape index (κ2) is 8.95. The number of nitro groups is 1. The predicted molar refractivity (Wildman–Crippen MR) is 111 cm³/mol. The molecule has 2 aromatic carbocycles. The molecule has 3 rings (SSSR count). The van der Waals surface area contributed by atoms with Gasteiger partial charge in [0.05, 0.1) is 21.9 Å². The number of carbonyl (C=O) groups excluding carboxylic acids is 1. The van der Waals surface area contributed by atoms with Crippen LogP contribution in [0, 0.1) is 16.0 Å². The van der Waals surface area contributed by atoms with Crippen molar-refractivity contribution < 1.29 is 19.6 Å². The van der Waals surface area contributed by atoms with Crippen LogP contribution in [0.15, 0.2) is 66.9 Å². The molecule has 8 heteroatoms. The first kappa shape index (κ1) is 20.7. The first-order chi connectivity index (χ1) is 14.3. The lowest BCUT2D eigenvalue weighted by molar-refractivity contribution is -0.385. The highest BCUT2D eigenvalue weighted by Crippen LogP contribution is 2.22. The van der Waals surface area contributed by atoms with Gasteiger partial charge < -0.3 is 10.4 Å². The third-order valence-corrected chi connectivity index (χ3v) is 4.61. The second-order valence-corrected chi connectivity index (χ2v) is 6.80. The Morgan fingerprint density at radius 2 is 1.80 bits per heavy atom. The quantitative estimate of drug-likeness (QED) is 0.449. The number of anilines is 1. The number of aromatic nitrogens is 1. The maximum absolute atomic E-state index is 12.5. The molecule has 1 atom stereocenters. The number of pyridine rings is 1. The van der Waals surface area contributed by atoms with E-state index in [9.17, 15) is 24.8 Å². The van der Waals surface area contributed by atoms with Gasteiger partial charge in [-0.1, -0.05) is 43.3 Å². The van der Waals surface area contributed by atoms with Crippen LogP contribution in [0.2, 0.25) is 0 Å². The summed E-state index contributed by atoms with van der Waals surface area (Å²) in [6.07, 6.45) is 1.68. The summed E-state index contributed by atoms with van der Waals surface area (Å²) < 4.78 is 0. The van der Waals surface area contributed by atoms with E-state index in [0.717, 1.165) is 11.1 Å². The molecule has 3 aromatic rings. The second-order valence-electron chi connectivity index (χ2n) is 6.80. The zero-order valence-corrected chi connectivity index (χ0v) is 16.1. The maximum Gasteiger partial charge on any atom is 0.337 e. The van der Waals surface area contributed by atoms with Crippen LogP contribution in [0.5, 0.6) is 0 Å². The largest absolute Gasteiger partial charge is 0.478 e. The molecule has 8 nitrogen and oxygen atoms in total. The number of carbonyl (C=O) groups is 2. The number of hydrogen-bond donors (Lipinski definition) is 2. The molecule has 1 unspecified atom stereocenters. The van der Waals surface area contributed by atoms with Gasteiger partial charge in [0.25, 0.3) is 5.69 Å². The van der Waals surface area contributed by atoms with E-state index < -0.39 is 10.9 Å². The van der Waals surface area contributed by atoms with Crippen molar-refractivity contribution in [3.63, 3.8) is 0 Å². The molecule has 0 saturated heterocycles. The van der Waals surface area contributed by atoms with Gasteiger partial charge in [0.1, 0.15) is 6.20 Å². The van der Waals surface area contributed by atoms with Crippen molar-refractivity contribution in [2.24, 2.45) is 5.92 Å². The molecule has 152 valence electrons. The fourth-order valence-corrected chi connectivity index (χ4v) is 2.96. The summed E-state index contributed by atoms with van der Waals surface area (Å²) in [5, 5.41) is 22.6. The maximum atomic E-state index is 12.5. The van der Waals surface area contributed by atoms with Gasteiger partial charge in [-0.2, -0.15) is 0 Å². The highest BCUT2D eigenvalue weighted by Gasteiger charge is 2.17. The van der Waals surface area contributed by atoms with E-state index in [2.05, 4.69) is 10.3 Å². The lowest BCUT2D eigenvalue weighted by Gasteiger charge is -2.14. The molecular formula is C22H19N3O5. The minimum atomic E-state index is -1.10. The summed E-state index contributed by atoms with van der Waals surface area (Å²) in [4.78, 5) is 38.1. The lowest BCUT2D eigenvalue weighted by atomic mass is 9.98. The van der Waals surface area contributed by atoms with Crippen molar-refractivity contribution >= 4 is 23.3 Å². The van der Waals surface area contributed by atoms with E-state index in [-0.39, 0.29) is 28.8 Å². The van der Waals surface area contributed by atoms with E-state index in [0.29, 0.717) is 12.1 Å². The van der Waals surface area contributed by atoms with Crippen LogP contribution in [0.1, 0.15) is 22.8 Å². The number of aromatic carboxylic acids is 1. The van der Waals surface area contributed by atoms with Crippen LogP contribution in [0.25, 0.3) is 11.3 Å². The first-order valence-corrected chi connectivity index (χ1v) is 9.18. The molecule has 0 radical (unpaired) electrons. The Hall–Kier alpha value is -4.07. The van der Waals surface area contributed by atoms with Crippen LogP contribution in [-0.2, 0) is 11.2 Å². The highest BCUT2D eigenvalue weighted by molar-refractivity contribution is 6.01. The molecular weight excluding hydrogens is 386 g/mol. The zero-order valence-electron chi connectivity index (χ0n) is 16.1. The molecule has 0 saturated carbocycles. The topological polar surface area (TPSA) is 122 Å². The molecule has 0 bridgehead atoms. The molecule has 2 N–H and O–H groups in total. The SMILES string of the molecule is CC(Cc1ccc(-c2ccc([N+](=O)[O-])cn2)cc1)C(=O)Nc1ccccc1C(=O)O. The Labute approximate surface area is 172 Å². The summed E-state index contributed by atoms with van der Waals surface area (Å²) in [6, 6.07) is 16.7. The molecule has 0 aliphatic rings. The van der Waals surface area contributed by atoms with E-state index in [4.69, 9.17) is 0 Å². The van der Waals surface area contributed by atoms with Crippen molar-refractivity contribution in [1.82, 2.24) is 4.98 Å². The minimum Gasteiger partial charge on any atom is -0.478 e. The Kier molecular flexibility index (Phi) is 6.17. The summed E-state index contributed by atoms with van der Waals surface area (Å²) in [5.74, 6) is -1.76. The number of nitrogens with zero attached hydrogens (tertiary/aromatic N) is 2. The lowest BCUT2D eigenvalue weighted by Crippen LogP contribution is -2.23. The number of carboxylic acid groups (broad SMARTS) is 1. The number of benzene rings is 2. The fourth-order valence-electron chi connectivity index (χ4n) is 2.96. The molecule has 1 heterocycles. The normalized spacial score (nSPS) is 11.5. The molecule has 0 fully saturated rings. The van der Waals surface area contributed by atoms with Gasteiger partial charge in [0.2, 0.25) is 5.91 Å². The highest BCUT2D eigenvalue weighted by atomic mass is 16.6. The monoisotopic (exact) mass is 405 g/mol. The summed E-state index contributed by atoms with van der Waals surface area (Å²) >= 11 is 0. The molecule has 1 amide bonds. The van der Waals surface area contributed by atoms with Crippen LogP contribution in [0.3, 0.4) is 0 Å². The number of para-hydroxylation sites is 1. The van der Waals surface area contributed by atoms with Crippen molar-refractivity contribution in [2.45, 2.75) is 13.3 Å². The molecule has 1 aromatic heterocycles. The Bertz CT molecular complexity index is 1080. The van der Waals surface area contributed by atoms with Crippen molar-refractivity contribution in [3.05, 3.63) is 88.1 Å². The average Bonchev–Trinajstić information content (AvgIpc) is 2.74. The van der Waals surface area contributed by atoms with Crippen LogP contribution in [0.4, 0.5) is 11.4 Å². The van der Waals surface area contributed by atoms with Gasteiger partial charge in [-0.15, -0.1) is 0 Å². The zero-order chi connectivity index (χ0) is 21.7. The number of amides is 1. The third-order valence-electron chi connectivity index (χ3n) is 4.61. The van der Waals surface area contributed by atoms with E-state index in [1.54, 1.807) is 31.2 Å². The molecule has 0 aliphatic carbocycles. The summed E-state index contributed by atoms with van der Waals surface area (Å²) in [6.45, 7) is 1.77. The van der Waals surface area contributed by atoms with Gasteiger partial charge in [-0.05, 0) is 30.2 Å². The van der Waals surface area contributed by atoms with Crippen LogP contribution >= 0.6 is 0 Å². The van der Waals surface area contributed by atoms with Crippen molar-refractivity contribution in [1.29, 1.82) is 0 Å². The standard InChI is InChI=1S/C22H19N3O5/c1-14(21(26)24-20-5-3-2-4-18(20)22(27)28)12-15-6-8-16(9-7-15)19-11-10-17(13-23-19)25(29)30/h2-11,13-14H,12H2,1H3,(H,24,26)(H,27,28). The fraction of sp³-hybridized carbons (Fsp3) is 0.136. The molecule has 30 heavy (non-hydrogen) atoms. The molecule has 0 aliphatic heterocycles. The van der Waals surface area contributed by atoms with Crippen LogP contribution in [-0.4, -0.2) is 26.9 Å². The Balaban J connectivity index is 1.65. The van der Waals surface area contributed by atoms with Gasteiger partial charge in [-0.25, -0.2) is 9.78 Å². The number of nitrogens with one attached hydrogen (secondary N) is 1. The number of hydrogen-bond acceptors (Lipinski definition) is 5. The summed E-state index contributed by atoms with van der Waals surface area (Å²) in [5.41, 5.74) is 2.58. The minimum absolute atomic E-state index is 0.0398. The average molecular weight is 405 g/mol.